The summed E-state index contributed by atoms with van der Waals surface area (Å²) in [7, 11) is 0. The quantitative estimate of drug-likeness (QED) is 0.543. The van der Waals surface area contributed by atoms with Crippen molar-refractivity contribution in [2.75, 3.05) is 0 Å². The lowest BCUT2D eigenvalue weighted by molar-refractivity contribution is 0.106. The van der Waals surface area contributed by atoms with Crippen molar-refractivity contribution in [3.63, 3.8) is 0 Å². The van der Waals surface area contributed by atoms with Gasteiger partial charge in [-0.3, -0.25) is 0 Å². The van der Waals surface area contributed by atoms with E-state index in [1.165, 1.54) is 12.5 Å². The minimum absolute atomic E-state index is 0.659. The summed E-state index contributed by atoms with van der Waals surface area (Å²) < 4.78 is 4.68. The number of furan rings is 1. The van der Waals surface area contributed by atoms with Crippen LogP contribution >= 0.6 is 0 Å². The molecule has 0 bridgehead atoms. The van der Waals surface area contributed by atoms with Crippen LogP contribution in [0, 0.1) is 0 Å². The van der Waals surface area contributed by atoms with Gasteiger partial charge in [-0.2, -0.15) is 0 Å². The predicted molar refractivity (Wildman–Crippen MR) is 27.8 cm³/mol. The van der Waals surface area contributed by atoms with Crippen LogP contribution in [0.15, 0.2) is 23.0 Å². The zero-order valence-electron chi connectivity index (χ0n) is 4.63. The maximum absolute atomic E-state index is 10.5. The third-order valence-electron chi connectivity index (χ3n) is 1.01. The molecule has 43 valence electrons. The number of hydrogen-bond acceptors (Lipinski definition) is 1. The van der Waals surface area contributed by atoms with Crippen molar-refractivity contribution in [1.82, 2.24) is 0 Å². The van der Waals surface area contributed by atoms with E-state index in [-0.39, 0.29) is 0 Å². The summed E-state index contributed by atoms with van der Waals surface area (Å²) in [5, 5.41) is 10.5. The van der Waals surface area contributed by atoms with E-state index in [9.17, 15) is 5.11 Å². The standard InChI is InChI=1S/C6H7O2/c1-5(7)6-2-3-8-4-6/h2-5H,1H3. The molecule has 0 aliphatic carbocycles. The first-order valence-corrected chi connectivity index (χ1v) is 2.48. The molecule has 0 aromatic carbocycles. The summed E-state index contributed by atoms with van der Waals surface area (Å²) >= 11 is 0. The van der Waals surface area contributed by atoms with Crippen molar-refractivity contribution in [1.29, 1.82) is 0 Å². The molecule has 1 unspecified atom stereocenters. The highest BCUT2D eigenvalue weighted by Crippen LogP contribution is 2.11. The zero-order chi connectivity index (χ0) is 5.98. The molecule has 8 heavy (non-hydrogen) atoms. The SMILES string of the molecule is CC([O])c1ccoc1. The molecule has 0 aliphatic heterocycles. The second-order valence-corrected chi connectivity index (χ2v) is 1.70. The van der Waals surface area contributed by atoms with Gasteiger partial charge >= 0.3 is 0 Å². The minimum atomic E-state index is -0.659. The summed E-state index contributed by atoms with van der Waals surface area (Å²) in [5.41, 5.74) is 0.713. The first-order valence-electron chi connectivity index (χ1n) is 2.48. The average Bonchev–Trinajstić information content (AvgIpc) is 2.12. The molecule has 0 aliphatic rings. The maximum atomic E-state index is 10.5. The van der Waals surface area contributed by atoms with Crippen LogP contribution in [0.25, 0.3) is 0 Å². The molecule has 1 heterocycles. The monoisotopic (exact) mass is 111 g/mol. The van der Waals surface area contributed by atoms with E-state index < -0.39 is 6.10 Å². The molecular formula is C6H7O2. The summed E-state index contributed by atoms with van der Waals surface area (Å²) in [6.07, 6.45) is 2.32. The lowest BCUT2D eigenvalue weighted by Gasteiger charge is -1.90. The fourth-order valence-corrected chi connectivity index (χ4v) is 0.506. The molecule has 2 nitrogen and oxygen atoms in total. The van der Waals surface area contributed by atoms with Gasteiger partial charge in [0.05, 0.1) is 12.5 Å². The van der Waals surface area contributed by atoms with E-state index in [1.807, 2.05) is 0 Å². The summed E-state index contributed by atoms with van der Waals surface area (Å²) in [5.74, 6) is 0. The van der Waals surface area contributed by atoms with Crippen LogP contribution < -0.4 is 0 Å². The zero-order valence-corrected chi connectivity index (χ0v) is 4.63. The average molecular weight is 111 g/mol. The van der Waals surface area contributed by atoms with Gasteiger partial charge in [-0.05, 0) is 13.0 Å². The van der Waals surface area contributed by atoms with Crippen molar-refractivity contribution in [3.8, 4) is 0 Å². The first-order chi connectivity index (χ1) is 3.80. The Morgan fingerprint density at radius 1 is 1.75 bits per heavy atom. The Bertz CT molecular complexity index is 142. The number of rotatable bonds is 1. The van der Waals surface area contributed by atoms with Crippen LogP contribution in [0.3, 0.4) is 0 Å². The lowest BCUT2D eigenvalue weighted by Crippen LogP contribution is -1.82. The van der Waals surface area contributed by atoms with Crippen LogP contribution in [-0.2, 0) is 5.11 Å². The van der Waals surface area contributed by atoms with Crippen LogP contribution in [0.5, 0.6) is 0 Å². The van der Waals surface area contributed by atoms with Crippen molar-refractivity contribution < 1.29 is 9.52 Å². The Morgan fingerprint density at radius 3 is 2.75 bits per heavy atom. The topological polar surface area (TPSA) is 33.0 Å². The third kappa shape index (κ3) is 0.898. The molecule has 1 radical (unpaired) electrons. The van der Waals surface area contributed by atoms with Crippen molar-refractivity contribution in [2.24, 2.45) is 0 Å². The highest BCUT2D eigenvalue weighted by Gasteiger charge is 2.00. The molecule has 1 rings (SSSR count). The van der Waals surface area contributed by atoms with Crippen LogP contribution in [0.1, 0.15) is 18.6 Å². The normalized spacial score (nSPS) is 13.8. The van der Waals surface area contributed by atoms with Crippen molar-refractivity contribution in [3.05, 3.63) is 24.2 Å². The molecule has 1 aromatic rings. The Labute approximate surface area is 47.7 Å². The second-order valence-electron chi connectivity index (χ2n) is 1.70. The Kier molecular flexibility index (Phi) is 1.35. The molecule has 0 spiro atoms. The van der Waals surface area contributed by atoms with Gasteiger partial charge in [-0.15, -0.1) is 0 Å². The van der Waals surface area contributed by atoms with E-state index in [4.69, 9.17) is 0 Å². The van der Waals surface area contributed by atoms with E-state index in [0.29, 0.717) is 5.56 Å². The van der Waals surface area contributed by atoms with Gasteiger partial charge in [0.2, 0.25) is 0 Å². The highest BCUT2D eigenvalue weighted by atomic mass is 16.3. The largest absolute Gasteiger partial charge is 0.472 e. The second kappa shape index (κ2) is 2.01. The molecule has 0 N–H and O–H groups in total. The first kappa shape index (κ1) is 5.38. The van der Waals surface area contributed by atoms with Gasteiger partial charge in [-0.1, -0.05) is 0 Å². The number of hydrogen-bond donors (Lipinski definition) is 0. The molecule has 0 saturated heterocycles. The fourth-order valence-electron chi connectivity index (χ4n) is 0.506. The van der Waals surface area contributed by atoms with Gasteiger partial charge in [0, 0.05) is 5.56 Å². The smallest absolute Gasteiger partial charge is 0.118 e. The van der Waals surface area contributed by atoms with Crippen molar-refractivity contribution >= 4 is 0 Å². The molecule has 0 amide bonds. The van der Waals surface area contributed by atoms with E-state index >= 15 is 0 Å². The molecule has 1 atom stereocenters. The predicted octanol–water partition coefficient (Wildman–Crippen LogP) is 1.77. The molecule has 1 aromatic heterocycles. The summed E-state index contributed by atoms with van der Waals surface area (Å²) in [4.78, 5) is 0. The Hall–Kier alpha value is -0.760. The van der Waals surface area contributed by atoms with Crippen molar-refractivity contribution in [2.45, 2.75) is 13.0 Å². The maximum Gasteiger partial charge on any atom is 0.118 e. The highest BCUT2D eigenvalue weighted by molar-refractivity contribution is 5.07. The fraction of sp³-hybridized carbons (Fsp3) is 0.333. The molecule has 2 heteroatoms. The van der Waals surface area contributed by atoms with E-state index in [1.54, 1.807) is 13.0 Å². The molecular weight excluding hydrogens is 104 g/mol. The van der Waals surface area contributed by atoms with Gasteiger partial charge in [0.25, 0.3) is 0 Å². The van der Waals surface area contributed by atoms with E-state index in [2.05, 4.69) is 4.42 Å². The Balaban J connectivity index is 2.77. The van der Waals surface area contributed by atoms with Crippen LogP contribution in [0.2, 0.25) is 0 Å². The van der Waals surface area contributed by atoms with Crippen LogP contribution in [-0.4, -0.2) is 0 Å². The Morgan fingerprint density at radius 2 is 2.50 bits per heavy atom. The van der Waals surface area contributed by atoms with E-state index in [0.717, 1.165) is 0 Å². The third-order valence-corrected chi connectivity index (χ3v) is 1.01. The minimum Gasteiger partial charge on any atom is -0.472 e. The summed E-state index contributed by atoms with van der Waals surface area (Å²) in [6, 6.07) is 1.68. The van der Waals surface area contributed by atoms with Gasteiger partial charge < -0.3 is 4.42 Å². The van der Waals surface area contributed by atoms with Gasteiger partial charge in [-0.25, -0.2) is 5.11 Å². The molecule has 0 saturated carbocycles. The summed E-state index contributed by atoms with van der Waals surface area (Å²) in [6.45, 7) is 1.59. The van der Waals surface area contributed by atoms with Crippen LogP contribution in [0.4, 0.5) is 0 Å². The van der Waals surface area contributed by atoms with Gasteiger partial charge in [0.15, 0.2) is 0 Å². The van der Waals surface area contributed by atoms with Gasteiger partial charge in [0.1, 0.15) is 6.10 Å². The lowest BCUT2D eigenvalue weighted by atomic mass is 10.2. The molecule has 0 fully saturated rings.